The maximum absolute atomic E-state index is 13.7. The van der Waals surface area contributed by atoms with Crippen LogP contribution in [0.5, 0.6) is 5.75 Å². The number of benzene rings is 3. The predicted molar refractivity (Wildman–Crippen MR) is 134 cm³/mol. The lowest BCUT2D eigenvalue weighted by molar-refractivity contribution is -0.137. The Morgan fingerprint density at radius 2 is 1.38 bits per heavy atom. The van der Waals surface area contributed by atoms with E-state index >= 15 is 0 Å². The van der Waals surface area contributed by atoms with E-state index in [0.29, 0.717) is 43.9 Å². The van der Waals surface area contributed by atoms with Crippen LogP contribution in [0.2, 0.25) is 0 Å². The van der Waals surface area contributed by atoms with Crippen LogP contribution >= 0.6 is 0 Å². The van der Waals surface area contributed by atoms with E-state index in [1.54, 1.807) is 0 Å². The van der Waals surface area contributed by atoms with Crippen LogP contribution in [0.3, 0.4) is 0 Å². The Morgan fingerprint density at radius 1 is 0.765 bits per heavy atom. The molecule has 1 heterocycles. The zero-order valence-corrected chi connectivity index (χ0v) is 19.7. The Morgan fingerprint density at radius 3 is 1.97 bits per heavy atom. The van der Waals surface area contributed by atoms with Crippen LogP contribution < -0.4 is 4.74 Å². The number of likely N-dealkylation sites (N-methyl/N-ethyl adjacent to an activating group) is 1. The number of hydrogen-bond acceptors (Lipinski definition) is 4. The SMILES string of the molecule is CCOc1ccc(C2=C(N(CC)Cc3ccccc3)C(=O)N(CCc3ccccc3)C2=O)cc1. The van der Waals surface area contributed by atoms with Crippen LogP contribution in [0, 0.1) is 0 Å². The minimum absolute atomic E-state index is 0.234. The van der Waals surface area contributed by atoms with Crippen molar-refractivity contribution in [3.63, 3.8) is 0 Å². The molecule has 5 nitrogen and oxygen atoms in total. The first-order valence-corrected chi connectivity index (χ1v) is 11.8. The van der Waals surface area contributed by atoms with E-state index in [0.717, 1.165) is 22.4 Å². The molecule has 1 aliphatic heterocycles. The van der Waals surface area contributed by atoms with Crippen molar-refractivity contribution < 1.29 is 14.3 Å². The first kappa shape index (κ1) is 23.3. The van der Waals surface area contributed by atoms with Crippen molar-refractivity contribution in [3.05, 3.63) is 107 Å². The van der Waals surface area contributed by atoms with E-state index in [2.05, 4.69) is 0 Å². The average molecular weight is 455 g/mol. The van der Waals surface area contributed by atoms with E-state index in [9.17, 15) is 9.59 Å². The van der Waals surface area contributed by atoms with Gasteiger partial charge in [-0.3, -0.25) is 14.5 Å². The standard InChI is InChI=1S/C29H30N2O3/c1-3-30(21-23-13-9-6-10-14-23)27-26(24-15-17-25(18-16-24)34-4-2)28(32)31(29(27)33)20-19-22-11-7-5-8-12-22/h5-18H,3-4,19-21H2,1-2H3. The zero-order chi connectivity index (χ0) is 23.9. The number of carbonyl (C=O) groups is 2. The van der Waals surface area contributed by atoms with Gasteiger partial charge in [0.15, 0.2) is 0 Å². The summed E-state index contributed by atoms with van der Waals surface area (Å²) in [4.78, 5) is 30.7. The van der Waals surface area contributed by atoms with Gasteiger partial charge in [0.25, 0.3) is 11.8 Å². The highest BCUT2D eigenvalue weighted by atomic mass is 16.5. The molecule has 3 aromatic carbocycles. The number of hydrogen-bond donors (Lipinski definition) is 0. The van der Waals surface area contributed by atoms with Gasteiger partial charge in [0.05, 0.1) is 12.2 Å². The van der Waals surface area contributed by atoms with Crippen molar-refractivity contribution in [2.45, 2.75) is 26.8 Å². The van der Waals surface area contributed by atoms with Crippen LogP contribution in [0.15, 0.2) is 90.6 Å². The number of ether oxygens (including phenoxy) is 1. The molecular weight excluding hydrogens is 424 g/mol. The van der Waals surface area contributed by atoms with Crippen LogP contribution in [0.25, 0.3) is 5.57 Å². The molecule has 5 heteroatoms. The second-order valence-electron chi connectivity index (χ2n) is 8.18. The highest BCUT2D eigenvalue weighted by molar-refractivity contribution is 6.35. The highest BCUT2D eigenvalue weighted by Crippen LogP contribution is 2.33. The zero-order valence-electron chi connectivity index (χ0n) is 19.7. The Kier molecular flexibility index (Phi) is 7.43. The van der Waals surface area contributed by atoms with Gasteiger partial charge in [-0.05, 0) is 49.1 Å². The second kappa shape index (κ2) is 10.8. The van der Waals surface area contributed by atoms with Gasteiger partial charge in [0.2, 0.25) is 0 Å². The third-order valence-electron chi connectivity index (χ3n) is 5.98. The largest absolute Gasteiger partial charge is 0.494 e. The minimum atomic E-state index is -0.244. The maximum atomic E-state index is 13.7. The van der Waals surface area contributed by atoms with E-state index in [1.165, 1.54) is 4.90 Å². The van der Waals surface area contributed by atoms with Crippen LogP contribution in [0.4, 0.5) is 0 Å². The molecule has 0 aromatic heterocycles. The summed E-state index contributed by atoms with van der Waals surface area (Å²) in [5.74, 6) is 0.261. The summed E-state index contributed by atoms with van der Waals surface area (Å²) in [6.07, 6.45) is 0.618. The molecule has 0 saturated heterocycles. The van der Waals surface area contributed by atoms with Gasteiger partial charge in [-0.15, -0.1) is 0 Å². The van der Waals surface area contributed by atoms with Crippen molar-refractivity contribution in [1.82, 2.24) is 9.80 Å². The number of nitrogens with zero attached hydrogens (tertiary/aromatic N) is 2. The molecule has 4 rings (SSSR count). The van der Waals surface area contributed by atoms with E-state index in [1.807, 2.05) is 104 Å². The minimum Gasteiger partial charge on any atom is -0.494 e. The van der Waals surface area contributed by atoms with Crippen molar-refractivity contribution in [1.29, 1.82) is 0 Å². The topological polar surface area (TPSA) is 49.9 Å². The molecule has 0 fully saturated rings. The van der Waals surface area contributed by atoms with Crippen molar-refractivity contribution in [2.75, 3.05) is 19.7 Å². The highest BCUT2D eigenvalue weighted by Gasteiger charge is 2.41. The number of carbonyl (C=O) groups excluding carboxylic acids is 2. The molecule has 0 spiro atoms. The van der Waals surface area contributed by atoms with E-state index in [4.69, 9.17) is 4.74 Å². The molecule has 0 atom stereocenters. The summed E-state index contributed by atoms with van der Waals surface area (Å²) in [5.41, 5.74) is 3.83. The van der Waals surface area contributed by atoms with E-state index in [-0.39, 0.29) is 11.8 Å². The van der Waals surface area contributed by atoms with Crippen LogP contribution in [0.1, 0.15) is 30.5 Å². The van der Waals surface area contributed by atoms with Gasteiger partial charge in [0.1, 0.15) is 11.4 Å². The predicted octanol–water partition coefficient (Wildman–Crippen LogP) is 4.93. The monoisotopic (exact) mass is 454 g/mol. The summed E-state index contributed by atoms with van der Waals surface area (Å²) in [6.45, 7) is 6.01. The molecule has 34 heavy (non-hydrogen) atoms. The third kappa shape index (κ3) is 5.04. The fraction of sp³-hybridized carbons (Fsp3) is 0.241. The van der Waals surface area contributed by atoms with Crippen LogP contribution in [-0.4, -0.2) is 41.3 Å². The fourth-order valence-electron chi connectivity index (χ4n) is 4.24. The molecular formula is C29H30N2O3. The number of rotatable bonds is 10. The lowest BCUT2D eigenvalue weighted by Gasteiger charge is -2.25. The van der Waals surface area contributed by atoms with Crippen molar-refractivity contribution in [2.24, 2.45) is 0 Å². The van der Waals surface area contributed by atoms with Gasteiger partial charge >= 0.3 is 0 Å². The first-order chi connectivity index (χ1) is 16.6. The Bertz CT molecular complexity index is 1150. The molecule has 0 saturated carbocycles. The Balaban J connectivity index is 1.69. The van der Waals surface area contributed by atoms with Crippen molar-refractivity contribution >= 4 is 17.4 Å². The molecule has 0 aliphatic carbocycles. The quantitative estimate of drug-likeness (QED) is 0.408. The molecule has 0 bridgehead atoms. The summed E-state index contributed by atoms with van der Waals surface area (Å²) in [6, 6.07) is 27.4. The van der Waals surface area contributed by atoms with Gasteiger partial charge in [0, 0.05) is 19.6 Å². The third-order valence-corrected chi connectivity index (χ3v) is 5.98. The molecule has 0 unspecified atom stereocenters. The maximum Gasteiger partial charge on any atom is 0.277 e. The molecule has 1 aliphatic rings. The average Bonchev–Trinajstić information content (AvgIpc) is 3.12. The van der Waals surface area contributed by atoms with Gasteiger partial charge in [-0.1, -0.05) is 72.8 Å². The lowest BCUT2D eigenvalue weighted by Crippen LogP contribution is -2.36. The van der Waals surface area contributed by atoms with Gasteiger partial charge in [-0.2, -0.15) is 0 Å². The summed E-state index contributed by atoms with van der Waals surface area (Å²) < 4.78 is 5.57. The number of imide groups is 1. The van der Waals surface area contributed by atoms with Crippen molar-refractivity contribution in [3.8, 4) is 5.75 Å². The normalized spacial score (nSPS) is 13.5. The summed E-state index contributed by atoms with van der Waals surface area (Å²) in [7, 11) is 0. The summed E-state index contributed by atoms with van der Waals surface area (Å²) in [5, 5.41) is 0. The fourth-order valence-corrected chi connectivity index (χ4v) is 4.24. The smallest absolute Gasteiger partial charge is 0.277 e. The summed E-state index contributed by atoms with van der Waals surface area (Å²) >= 11 is 0. The molecule has 3 aromatic rings. The second-order valence-corrected chi connectivity index (χ2v) is 8.18. The number of amides is 2. The molecule has 2 amide bonds. The molecule has 0 N–H and O–H groups in total. The lowest BCUT2D eigenvalue weighted by atomic mass is 10.0. The van der Waals surface area contributed by atoms with Gasteiger partial charge < -0.3 is 9.64 Å². The Hall–Kier alpha value is -3.86. The van der Waals surface area contributed by atoms with E-state index < -0.39 is 0 Å². The molecule has 174 valence electrons. The van der Waals surface area contributed by atoms with Gasteiger partial charge in [-0.25, -0.2) is 0 Å². The Labute approximate surface area is 201 Å². The first-order valence-electron chi connectivity index (χ1n) is 11.8. The molecule has 0 radical (unpaired) electrons. The van der Waals surface area contributed by atoms with Crippen LogP contribution in [-0.2, 0) is 22.6 Å².